The van der Waals surface area contributed by atoms with Gasteiger partial charge in [-0.25, -0.2) is 13.1 Å². The van der Waals surface area contributed by atoms with E-state index in [0.717, 1.165) is 43.8 Å². The van der Waals surface area contributed by atoms with Crippen LogP contribution < -0.4 is 10.0 Å². The molecule has 0 aromatic carbocycles. The van der Waals surface area contributed by atoms with E-state index >= 15 is 0 Å². The van der Waals surface area contributed by atoms with Crippen molar-refractivity contribution in [2.45, 2.75) is 42.0 Å². The number of likely N-dealkylation sites (N-methyl/N-ethyl adjacent to an activating group) is 1. The number of sulfonamides is 1. The van der Waals surface area contributed by atoms with Gasteiger partial charge in [-0.1, -0.05) is 0 Å². The van der Waals surface area contributed by atoms with Gasteiger partial charge in [0.2, 0.25) is 10.0 Å². The Morgan fingerprint density at radius 1 is 1.33 bits per heavy atom. The number of fused-ring (bicyclic) bond motifs is 1. The molecule has 2 unspecified atom stereocenters. The van der Waals surface area contributed by atoms with E-state index in [-0.39, 0.29) is 6.04 Å². The van der Waals surface area contributed by atoms with Crippen molar-refractivity contribution < 1.29 is 8.42 Å². The summed E-state index contributed by atoms with van der Waals surface area (Å²) in [7, 11) is -1.46. The van der Waals surface area contributed by atoms with Gasteiger partial charge in [0.15, 0.2) is 0 Å². The first-order chi connectivity index (χ1) is 10.1. The molecule has 1 aromatic rings. The summed E-state index contributed by atoms with van der Waals surface area (Å²) in [6.45, 7) is 3.01. The highest BCUT2D eigenvalue weighted by atomic mass is 32.2. The van der Waals surface area contributed by atoms with Crippen molar-refractivity contribution >= 4 is 21.4 Å². The molecule has 0 radical (unpaired) electrons. The molecule has 2 atom stereocenters. The van der Waals surface area contributed by atoms with Crippen LogP contribution in [0.4, 0.5) is 0 Å². The Balaban J connectivity index is 1.67. The Morgan fingerprint density at radius 2 is 2.19 bits per heavy atom. The minimum absolute atomic E-state index is 0.0837. The van der Waals surface area contributed by atoms with E-state index in [9.17, 15) is 8.42 Å². The Kier molecular flexibility index (Phi) is 4.66. The monoisotopic (exact) mass is 329 g/mol. The van der Waals surface area contributed by atoms with E-state index in [2.05, 4.69) is 14.9 Å². The highest BCUT2D eigenvalue weighted by Crippen LogP contribution is 2.30. The molecule has 118 valence electrons. The maximum atomic E-state index is 12.5. The molecular weight excluding hydrogens is 306 g/mol. The molecule has 3 rings (SSSR count). The van der Waals surface area contributed by atoms with Gasteiger partial charge in [0, 0.05) is 23.5 Å². The number of thiophene rings is 1. The molecule has 5 nitrogen and oxygen atoms in total. The number of hydrogen-bond acceptors (Lipinski definition) is 5. The Bertz CT molecular complexity index is 585. The van der Waals surface area contributed by atoms with E-state index in [1.54, 1.807) is 6.07 Å². The van der Waals surface area contributed by atoms with Crippen molar-refractivity contribution in [1.29, 1.82) is 0 Å². The van der Waals surface area contributed by atoms with Crippen LogP contribution in [0, 0.1) is 0 Å². The maximum absolute atomic E-state index is 12.5. The fourth-order valence-electron chi connectivity index (χ4n) is 3.36. The van der Waals surface area contributed by atoms with Crippen LogP contribution in [-0.2, 0) is 16.4 Å². The predicted molar refractivity (Wildman–Crippen MR) is 85.3 cm³/mol. The Morgan fingerprint density at radius 3 is 3.00 bits per heavy atom. The second kappa shape index (κ2) is 6.34. The van der Waals surface area contributed by atoms with Gasteiger partial charge in [-0.3, -0.25) is 4.90 Å². The number of rotatable bonds is 6. The Labute approximate surface area is 130 Å². The fourth-order valence-corrected chi connectivity index (χ4v) is 6.04. The summed E-state index contributed by atoms with van der Waals surface area (Å²) in [5.74, 6) is 0. The number of nitrogens with zero attached hydrogens (tertiary/aromatic N) is 1. The minimum Gasteiger partial charge on any atom is -0.319 e. The van der Waals surface area contributed by atoms with Gasteiger partial charge < -0.3 is 5.32 Å². The van der Waals surface area contributed by atoms with Crippen molar-refractivity contribution in [3.05, 3.63) is 17.0 Å². The SMILES string of the molecule is CNCCc1ccc(S(=O)(=O)NC2CCN3CCCC23)s1. The third-order valence-corrected chi connectivity index (χ3v) is 7.56. The predicted octanol–water partition coefficient (Wildman–Crippen LogP) is 1.02. The maximum Gasteiger partial charge on any atom is 0.250 e. The zero-order valence-electron chi connectivity index (χ0n) is 12.3. The lowest BCUT2D eigenvalue weighted by molar-refractivity contribution is 0.309. The molecule has 3 heterocycles. The summed E-state index contributed by atoms with van der Waals surface area (Å²) in [5, 5.41) is 3.08. The second-order valence-electron chi connectivity index (χ2n) is 5.84. The third kappa shape index (κ3) is 3.32. The standard InChI is InChI=1S/C14H23N3O2S2/c1-15-8-6-11-4-5-14(20-11)21(18,19)16-12-7-10-17-9-2-3-13(12)17/h4-5,12-13,15-16H,2-3,6-10H2,1H3. The van der Waals surface area contributed by atoms with Crippen LogP contribution >= 0.6 is 11.3 Å². The van der Waals surface area contributed by atoms with Gasteiger partial charge in [0.1, 0.15) is 4.21 Å². The van der Waals surface area contributed by atoms with Crippen molar-refractivity contribution in [2.24, 2.45) is 0 Å². The summed E-state index contributed by atoms with van der Waals surface area (Å²) in [4.78, 5) is 3.53. The van der Waals surface area contributed by atoms with E-state index in [0.29, 0.717) is 10.3 Å². The molecule has 1 aromatic heterocycles. The average Bonchev–Trinajstić information content (AvgIpc) is 3.14. The smallest absolute Gasteiger partial charge is 0.250 e. The molecule has 7 heteroatoms. The zero-order valence-corrected chi connectivity index (χ0v) is 14.0. The number of hydrogen-bond donors (Lipinski definition) is 2. The van der Waals surface area contributed by atoms with Crippen LogP contribution in [0.2, 0.25) is 0 Å². The molecule has 2 saturated heterocycles. The first kappa shape index (κ1) is 15.4. The van der Waals surface area contributed by atoms with Crippen molar-refractivity contribution in [3.8, 4) is 0 Å². The molecule has 0 saturated carbocycles. The molecule has 0 spiro atoms. The van der Waals surface area contributed by atoms with Crippen LogP contribution in [0.5, 0.6) is 0 Å². The van der Waals surface area contributed by atoms with Gasteiger partial charge >= 0.3 is 0 Å². The minimum atomic E-state index is -3.37. The summed E-state index contributed by atoms with van der Waals surface area (Å²) in [6, 6.07) is 4.15. The average molecular weight is 329 g/mol. The molecule has 2 aliphatic rings. The fraction of sp³-hybridized carbons (Fsp3) is 0.714. The van der Waals surface area contributed by atoms with Crippen molar-refractivity contribution in [2.75, 3.05) is 26.7 Å². The largest absolute Gasteiger partial charge is 0.319 e. The molecule has 2 N–H and O–H groups in total. The zero-order chi connectivity index (χ0) is 14.9. The summed E-state index contributed by atoms with van der Waals surface area (Å²) < 4.78 is 28.4. The summed E-state index contributed by atoms with van der Waals surface area (Å²) >= 11 is 1.38. The first-order valence-corrected chi connectivity index (χ1v) is 9.90. The third-order valence-electron chi connectivity index (χ3n) is 4.44. The van der Waals surface area contributed by atoms with Gasteiger partial charge in [-0.05, 0) is 58.0 Å². The second-order valence-corrected chi connectivity index (χ2v) is 8.95. The van der Waals surface area contributed by atoms with Crippen LogP contribution in [0.3, 0.4) is 0 Å². The lowest BCUT2D eigenvalue weighted by atomic mass is 10.1. The van der Waals surface area contributed by atoms with E-state index < -0.39 is 10.0 Å². The lowest BCUT2D eigenvalue weighted by Gasteiger charge is -2.20. The summed E-state index contributed by atoms with van der Waals surface area (Å²) in [6.07, 6.45) is 4.11. The molecular formula is C14H23N3O2S2. The molecule has 21 heavy (non-hydrogen) atoms. The highest BCUT2D eigenvalue weighted by Gasteiger charge is 2.39. The summed E-state index contributed by atoms with van der Waals surface area (Å²) in [5.41, 5.74) is 0. The number of nitrogens with one attached hydrogen (secondary N) is 2. The topological polar surface area (TPSA) is 61.4 Å². The van der Waals surface area contributed by atoms with Crippen LogP contribution in [0.15, 0.2) is 16.3 Å². The molecule has 0 bridgehead atoms. The first-order valence-electron chi connectivity index (χ1n) is 7.60. The Hall–Kier alpha value is -0.470. The van der Waals surface area contributed by atoms with Crippen molar-refractivity contribution in [3.63, 3.8) is 0 Å². The van der Waals surface area contributed by atoms with E-state index in [4.69, 9.17) is 0 Å². The lowest BCUT2D eigenvalue weighted by Crippen LogP contribution is -2.42. The van der Waals surface area contributed by atoms with Gasteiger partial charge in [0.05, 0.1) is 0 Å². The quantitative estimate of drug-likeness (QED) is 0.818. The van der Waals surface area contributed by atoms with Crippen LogP contribution in [0.25, 0.3) is 0 Å². The highest BCUT2D eigenvalue weighted by molar-refractivity contribution is 7.91. The van der Waals surface area contributed by atoms with Gasteiger partial charge in [-0.2, -0.15) is 0 Å². The van der Waals surface area contributed by atoms with E-state index in [1.807, 2.05) is 13.1 Å². The van der Waals surface area contributed by atoms with Gasteiger partial charge in [0.25, 0.3) is 0 Å². The molecule has 0 aliphatic carbocycles. The van der Waals surface area contributed by atoms with Crippen LogP contribution in [0.1, 0.15) is 24.1 Å². The van der Waals surface area contributed by atoms with Gasteiger partial charge in [-0.15, -0.1) is 11.3 Å². The normalized spacial score (nSPS) is 26.3. The molecule has 2 aliphatic heterocycles. The van der Waals surface area contributed by atoms with Crippen molar-refractivity contribution in [1.82, 2.24) is 14.9 Å². The molecule has 2 fully saturated rings. The van der Waals surface area contributed by atoms with Crippen LogP contribution in [-0.4, -0.2) is 52.1 Å². The van der Waals surface area contributed by atoms with E-state index in [1.165, 1.54) is 17.8 Å². The molecule has 0 amide bonds.